The van der Waals surface area contributed by atoms with Crippen molar-refractivity contribution in [3.05, 3.63) is 47.5 Å². The lowest BCUT2D eigenvalue weighted by Gasteiger charge is -2.32. The third-order valence-electron chi connectivity index (χ3n) is 7.62. The number of rotatable bonds is 2. The summed E-state index contributed by atoms with van der Waals surface area (Å²) in [5.74, 6) is 0.414. The molecule has 2 fully saturated rings. The molecule has 23 heavy (non-hydrogen) atoms. The van der Waals surface area contributed by atoms with Crippen LogP contribution in [0.25, 0.3) is 0 Å². The molecule has 2 spiro atoms. The first-order valence-corrected chi connectivity index (χ1v) is 8.46. The summed E-state index contributed by atoms with van der Waals surface area (Å²) in [6.45, 7) is 0.166. The third-order valence-corrected chi connectivity index (χ3v) is 7.62. The molecule has 118 valence electrons. The molecular weight excluding hydrogens is 292 g/mol. The lowest BCUT2D eigenvalue weighted by Crippen LogP contribution is -2.27. The van der Waals surface area contributed by atoms with Crippen molar-refractivity contribution in [2.45, 2.75) is 31.8 Å². The van der Waals surface area contributed by atoms with E-state index in [9.17, 15) is 9.90 Å². The summed E-state index contributed by atoms with van der Waals surface area (Å²) in [7, 11) is 0. The number of carbonyl (C=O) groups excluding carboxylic acids is 1. The van der Waals surface area contributed by atoms with Crippen molar-refractivity contribution in [1.29, 1.82) is 0 Å². The number of hydrogen-bond acceptors (Lipinski definition) is 4. The van der Waals surface area contributed by atoms with Crippen molar-refractivity contribution >= 4 is 5.97 Å². The van der Waals surface area contributed by atoms with Crippen LogP contribution in [0, 0.1) is 22.2 Å². The van der Waals surface area contributed by atoms with Gasteiger partial charge in [-0.15, -0.1) is 0 Å². The number of cyclic esters (lactones) is 1. The first-order valence-electron chi connectivity index (χ1n) is 8.46. The Morgan fingerprint density at radius 3 is 3.04 bits per heavy atom. The van der Waals surface area contributed by atoms with E-state index in [1.165, 1.54) is 0 Å². The minimum atomic E-state index is -0.324. The van der Waals surface area contributed by atoms with Crippen molar-refractivity contribution in [2.24, 2.45) is 22.2 Å². The summed E-state index contributed by atoms with van der Waals surface area (Å²) in [5.41, 5.74) is 2.84. The van der Waals surface area contributed by atoms with Crippen molar-refractivity contribution in [2.75, 3.05) is 6.61 Å². The highest BCUT2D eigenvalue weighted by atomic mass is 16.5. The van der Waals surface area contributed by atoms with Gasteiger partial charge < -0.3 is 14.3 Å². The molecule has 0 amide bonds. The van der Waals surface area contributed by atoms with Gasteiger partial charge >= 0.3 is 5.97 Å². The summed E-state index contributed by atoms with van der Waals surface area (Å²) in [4.78, 5) is 12.5. The average molecular weight is 310 g/mol. The predicted octanol–water partition coefficient (Wildman–Crippen LogP) is 2.91. The monoisotopic (exact) mass is 310 g/mol. The highest BCUT2D eigenvalue weighted by molar-refractivity contribution is 5.94. The molecule has 1 aliphatic heterocycles. The number of furan rings is 1. The second-order valence-corrected chi connectivity index (χ2v) is 7.88. The second kappa shape index (κ2) is 3.48. The van der Waals surface area contributed by atoms with E-state index in [1.807, 2.05) is 6.07 Å². The molecule has 0 saturated heterocycles. The van der Waals surface area contributed by atoms with Gasteiger partial charge in [0.25, 0.3) is 0 Å². The van der Waals surface area contributed by atoms with Crippen molar-refractivity contribution in [1.82, 2.24) is 0 Å². The zero-order valence-corrected chi connectivity index (χ0v) is 12.7. The van der Waals surface area contributed by atoms with Crippen LogP contribution in [0.5, 0.6) is 0 Å². The van der Waals surface area contributed by atoms with Crippen LogP contribution in [-0.2, 0) is 9.53 Å². The Balaban J connectivity index is 1.61. The van der Waals surface area contributed by atoms with Crippen LogP contribution in [0.15, 0.2) is 46.3 Å². The van der Waals surface area contributed by atoms with E-state index in [-0.39, 0.29) is 34.9 Å². The van der Waals surface area contributed by atoms with Gasteiger partial charge in [-0.3, -0.25) is 0 Å². The second-order valence-electron chi connectivity index (χ2n) is 7.88. The Hall–Kier alpha value is -1.81. The number of allylic oxidation sites excluding steroid dienone is 1. The van der Waals surface area contributed by atoms with Gasteiger partial charge in [0, 0.05) is 22.0 Å². The van der Waals surface area contributed by atoms with Crippen LogP contribution in [0.1, 0.15) is 37.4 Å². The lowest BCUT2D eigenvalue weighted by molar-refractivity contribution is -0.140. The molecule has 0 aromatic carbocycles. The van der Waals surface area contributed by atoms with Gasteiger partial charge in [0.2, 0.25) is 0 Å². The summed E-state index contributed by atoms with van der Waals surface area (Å²) in [5, 5.41) is 10.3. The highest BCUT2D eigenvalue weighted by Gasteiger charge is 2.91. The third kappa shape index (κ3) is 1.01. The zero-order valence-electron chi connectivity index (χ0n) is 12.7. The van der Waals surface area contributed by atoms with E-state index in [0.717, 1.165) is 42.4 Å². The molecule has 1 aromatic heterocycles. The molecule has 2 saturated carbocycles. The van der Waals surface area contributed by atoms with E-state index >= 15 is 0 Å². The highest BCUT2D eigenvalue weighted by Crippen LogP contribution is 2.95. The molecular formula is C19H18O4. The van der Waals surface area contributed by atoms with Gasteiger partial charge in [-0.05, 0) is 48.7 Å². The summed E-state index contributed by atoms with van der Waals surface area (Å²) >= 11 is 0. The number of ether oxygens (including phenoxy) is 1. The van der Waals surface area contributed by atoms with Crippen LogP contribution >= 0.6 is 0 Å². The van der Waals surface area contributed by atoms with E-state index in [4.69, 9.17) is 9.15 Å². The molecule has 6 aliphatic rings. The quantitative estimate of drug-likeness (QED) is 0.674. The fourth-order valence-corrected chi connectivity index (χ4v) is 6.97. The van der Waals surface area contributed by atoms with Gasteiger partial charge in [0.05, 0.1) is 19.1 Å². The van der Waals surface area contributed by atoms with Crippen LogP contribution < -0.4 is 0 Å². The molecule has 4 bridgehead atoms. The molecule has 4 nitrogen and oxygen atoms in total. The maximum Gasteiger partial charge on any atom is 0.335 e. The van der Waals surface area contributed by atoms with Crippen molar-refractivity contribution in [3.8, 4) is 0 Å². The Morgan fingerprint density at radius 2 is 2.26 bits per heavy atom. The smallest absolute Gasteiger partial charge is 0.335 e. The van der Waals surface area contributed by atoms with E-state index < -0.39 is 0 Å². The van der Waals surface area contributed by atoms with Gasteiger partial charge in [-0.25, -0.2) is 4.79 Å². The van der Waals surface area contributed by atoms with Gasteiger partial charge in [-0.1, -0.05) is 12.2 Å². The van der Waals surface area contributed by atoms with Crippen molar-refractivity contribution in [3.63, 3.8) is 0 Å². The summed E-state index contributed by atoms with van der Waals surface area (Å²) in [6, 6.07) is 1.89. The lowest BCUT2D eigenvalue weighted by atomic mass is 9.72. The van der Waals surface area contributed by atoms with E-state index in [1.54, 1.807) is 12.5 Å². The molecule has 1 aromatic rings. The molecule has 5 aliphatic carbocycles. The molecule has 1 N–H and O–H groups in total. The molecule has 0 unspecified atom stereocenters. The average Bonchev–Trinajstić information content (AvgIpc) is 3.06. The van der Waals surface area contributed by atoms with Gasteiger partial charge in [0.15, 0.2) is 6.10 Å². The topological polar surface area (TPSA) is 59.7 Å². The Kier molecular flexibility index (Phi) is 1.91. The summed E-state index contributed by atoms with van der Waals surface area (Å²) in [6.07, 6.45) is 11.5. The van der Waals surface area contributed by atoms with E-state index in [2.05, 4.69) is 12.2 Å². The van der Waals surface area contributed by atoms with Gasteiger partial charge in [0.1, 0.15) is 0 Å². The number of aliphatic hydroxyl groups excluding tert-OH is 1. The number of hydrogen-bond donors (Lipinski definition) is 1. The maximum absolute atomic E-state index is 12.5. The van der Waals surface area contributed by atoms with Gasteiger partial charge in [-0.2, -0.15) is 0 Å². The minimum Gasteiger partial charge on any atom is -0.472 e. The largest absolute Gasteiger partial charge is 0.472 e. The van der Waals surface area contributed by atoms with Crippen LogP contribution in [0.2, 0.25) is 0 Å². The zero-order chi connectivity index (χ0) is 15.4. The fraction of sp³-hybridized carbons (Fsp3) is 0.526. The van der Waals surface area contributed by atoms with Crippen LogP contribution in [0.3, 0.4) is 0 Å². The molecule has 0 radical (unpaired) electrons. The molecule has 7 rings (SSSR count). The molecule has 4 heteroatoms. The minimum absolute atomic E-state index is 0.0736. The first-order chi connectivity index (χ1) is 11.2. The van der Waals surface area contributed by atoms with E-state index in [0.29, 0.717) is 5.92 Å². The first kappa shape index (κ1) is 12.6. The Morgan fingerprint density at radius 1 is 1.35 bits per heavy atom. The van der Waals surface area contributed by atoms with Crippen LogP contribution in [0.4, 0.5) is 0 Å². The molecule has 5 atom stereocenters. The van der Waals surface area contributed by atoms with Crippen molar-refractivity contribution < 1.29 is 19.1 Å². The Labute approximate surface area is 133 Å². The number of esters is 1. The fourth-order valence-electron chi connectivity index (χ4n) is 6.97. The predicted molar refractivity (Wildman–Crippen MR) is 80.0 cm³/mol. The van der Waals surface area contributed by atoms with Crippen LogP contribution in [-0.4, -0.2) is 17.7 Å². The number of aliphatic hydroxyl groups is 1. The number of carbonyl (C=O) groups is 1. The maximum atomic E-state index is 12.5. The normalized spacial score (nSPS) is 48.3. The molecule has 2 heterocycles. The SMILES string of the molecule is O=C1O[C@H](c2ccoc2)C2=C1CC[C@]13C[C@@H]4C=C[C@@]1(CO)[C@]23C4. The summed E-state index contributed by atoms with van der Waals surface area (Å²) < 4.78 is 11.0. The standard InChI is InChI=1S/C19H18O4/c20-10-18-4-1-11-7-17(18)5-2-13-14(19(17,18)8-11)15(23-16(13)21)12-3-6-22-9-12/h1,3-4,6,9,11,15,20H,2,5,7-8,10H2/t11-,15+,17-,18-,19+/m0/s1. The Bertz CT molecular complexity index is 803.